The van der Waals surface area contributed by atoms with E-state index < -0.39 is 0 Å². The van der Waals surface area contributed by atoms with E-state index in [2.05, 4.69) is 18.4 Å². The van der Waals surface area contributed by atoms with Crippen molar-refractivity contribution in [3.05, 3.63) is 63.5 Å². The molecule has 1 nitrogen and oxygen atoms in total. The average molecular weight is 376 g/mol. The molecule has 0 unspecified atom stereocenters. The van der Waals surface area contributed by atoms with E-state index in [1.54, 1.807) is 22.7 Å². The summed E-state index contributed by atoms with van der Waals surface area (Å²) >= 11 is 15.5. The van der Waals surface area contributed by atoms with E-state index in [0.717, 1.165) is 26.3 Å². The number of hydrogen-bond donors (Lipinski definition) is 0. The maximum Gasteiger partial charge on any atom is 0.124 e. The van der Waals surface area contributed by atoms with Crippen molar-refractivity contribution in [2.24, 2.45) is 0 Å². The molecule has 23 heavy (non-hydrogen) atoms. The third-order valence-corrected chi connectivity index (χ3v) is 6.40. The Hall–Kier alpha value is -1.39. The molecule has 0 saturated carbocycles. The molecule has 2 heterocycles. The van der Waals surface area contributed by atoms with Crippen molar-refractivity contribution >= 4 is 56.0 Å². The Morgan fingerprint density at radius 3 is 2.48 bits per heavy atom. The highest BCUT2D eigenvalue weighted by molar-refractivity contribution is 7.22. The molecule has 5 heteroatoms. The fourth-order valence-corrected chi connectivity index (χ4v) is 4.88. The second-order valence-corrected chi connectivity index (χ2v) is 8.02. The van der Waals surface area contributed by atoms with Crippen LogP contribution in [0, 0.1) is 6.92 Å². The van der Waals surface area contributed by atoms with Crippen LogP contribution in [0.15, 0.2) is 47.8 Å². The molecule has 2 aromatic heterocycles. The zero-order valence-corrected chi connectivity index (χ0v) is 15.3. The van der Waals surface area contributed by atoms with Gasteiger partial charge in [-0.05, 0) is 48.2 Å². The summed E-state index contributed by atoms with van der Waals surface area (Å²) in [6.45, 7) is 2.13. The molecule has 0 spiro atoms. The summed E-state index contributed by atoms with van der Waals surface area (Å²) in [5.74, 6) is 0. The first-order valence-electron chi connectivity index (χ1n) is 7.02. The highest BCUT2D eigenvalue weighted by atomic mass is 35.5. The van der Waals surface area contributed by atoms with E-state index in [-0.39, 0.29) is 0 Å². The summed E-state index contributed by atoms with van der Waals surface area (Å²) in [5.41, 5.74) is 3.35. The fourth-order valence-electron chi connectivity index (χ4n) is 2.54. The third-order valence-electron chi connectivity index (χ3n) is 3.73. The number of fused-ring (bicyclic) bond motifs is 1. The van der Waals surface area contributed by atoms with Crippen LogP contribution in [0.3, 0.4) is 0 Å². The number of rotatable bonds is 2. The number of thiophene rings is 1. The zero-order chi connectivity index (χ0) is 16.0. The van der Waals surface area contributed by atoms with Crippen LogP contribution in [0.4, 0.5) is 0 Å². The van der Waals surface area contributed by atoms with E-state index in [0.29, 0.717) is 0 Å². The number of aryl methyl sites for hydroxylation is 1. The van der Waals surface area contributed by atoms with Gasteiger partial charge in [0.15, 0.2) is 0 Å². The van der Waals surface area contributed by atoms with Gasteiger partial charge < -0.3 is 0 Å². The molecule has 0 aliphatic rings. The van der Waals surface area contributed by atoms with Crippen LogP contribution in [0.1, 0.15) is 5.56 Å². The standard InChI is InChI=1S/C18H11Cl2NS2/c1-10-14-8-13(20)6-7-16(14)23-17(10)15-9-22-18(21-15)11-2-4-12(19)5-3-11/h2-9H,1H3. The second-order valence-electron chi connectivity index (χ2n) is 5.24. The van der Waals surface area contributed by atoms with Crippen molar-refractivity contribution < 1.29 is 0 Å². The minimum Gasteiger partial charge on any atom is -0.235 e. The van der Waals surface area contributed by atoms with Crippen LogP contribution >= 0.6 is 45.9 Å². The van der Waals surface area contributed by atoms with Crippen LogP contribution in [-0.2, 0) is 0 Å². The van der Waals surface area contributed by atoms with Gasteiger partial charge in [0.25, 0.3) is 0 Å². The molecule has 0 aliphatic carbocycles. The molecule has 2 aromatic carbocycles. The number of aromatic nitrogens is 1. The van der Waals surface area contributed by atoms with E-state index in [1.165, 1.54) is 20.5 Å². The predicted molar refractivity (Wildman–Crippen MR) is 103 cm³/mol. The quantitative estimate of drug-likeness (QED) is 0.357. The minimum absolute atomic E-state index is 0.739. The molecule has 0 aliphatic heterocycles. The lowest BCUT2D eigenvalue weighted by Gasteiger charge is -1.97. The Morgan fingerprint density at radius 2 is 1.70 bits per heavy atom. The van der Waals surface area contributed by atoms with Gasteiger partial charge in [0.05, 0.1) is 10.6 Å². The van der Waals surface area contributed by atoms with Gasteiger partial charge >= 0.3 is 0 Å². The van der Waals surface area contributed by atoms with Gasteiger partial charge in [-0.2, -0.15) is 0 Å². The topological polar surface area (TPSA) is 12.9 Å². The van der Waals surface area contributed by atoms with Gasteiger partial charge in [-0.25, -0.2) is 4.98 Å². The van der Waals surface area contributed by atoms with E-state index in [9.17, 15) is 0 Å². The SMILES string of the molecule is Cc1c(-c2csc(-c3ccc(Cl)cc3)n2)sc2ccc(Cl)cc12. The highest BCUT2D eigenvalue weighted by Gasteiger charge is 2.14. The normalized spacial score (nSPS) is 11.3. The van der Waals surface area contributed by atoms with Crippen molar-refractivity contribution in [1.29, 1.82) is 0 Å². The average Bonchev–Trinajstić information content (AvgIpc) is 3.14. The molecular formula is C18H11Cl2NS2. The molecule has 114 valence electrons. The molecule has 0 radical (unpaired) electrons. The Morgan fingerprint density at radius 1 is 0.957 bits per heavy atom. The van der Waals surface area contributed by atoms with Crippen LogP contribution in [0.5, 0.6) is 0 Å². The molecule has 0 atom stereocenters. The fraction of sp³-hybridized carbons (Fsp3) is 0.0556. The number of nitrogens with zero attached hydrogens (tertiary/aromatic N) is 1. The van der Waals surface area contributed by atoms with Gasteiger partial charge in [0.1, 0.15) is 5.01 Å². The predicted octanol–water partition coefficient (Wildman–Crippen LogP) is 7.31. The van der Waals surface area contributed by atoms with Crippen molar-refractivity contribution in [3.8, 4) is 21.1 Å². The van der Waals surface area contributed by atoms with Crippen molar-refractivity contribution in [1.82, 2.24) is 4.98 Å². The molecule has 4 aromatic rings. The lowest BCUT2D eigenvalue weighted by atomic mass is 10.1. The Bertz CT molecular complexity index is 1000. The number of hydrogen-bond acceptors (Lipinski definition) is 3. The van der Waals surface area contributed by atoms with Crippen LogP contribution < -0.4 is 0 Å². The van der Waals surface area contributed by atoms with E-state index in [4.69, 9.17) is 28.2 Å². The van der Waals surface area contributed by atoms with E-state index >= 15 is 0 Å². The van der Waals surface area contributed by atoms with Crippen LogP contribution in [0.2, 0.25) is 10.0 Å². The summed E-state index contributed by atoms with van der Waals surface area (Å²) in [5, 5.41) is 5.83. The zero-order valence-electron chi connectivity index (χ0n) is 12.1. The van der Waals surface area contributed by atoms with Gasteiger partial charge in [-0.1, -0.05) is 35.3 Å². The van der Waals surface area contributed by atoms with Gasteiger partial charge in [0, 0.05) is 25.7 Å². The highest BCUT2D eigenvalue weighted by Crippen LogP contribution is 2.40. The maximum absolute atomic E-state index is 6.12. The summed E-state index contributed by atoms with van der Waals surface area (Å²) in [6.07, 6.45) is 0. The third kappa shape index (κ3) is 2.79. The van der Waals surface area contributed by atoms with Crippen LogP contribution in [0.25, 0.3) is 31.2 Å². The number of thiazole rings is 1. The Kier molecular flexibility index (Phi) is 3.90. The van der Waals surface area contributed by atoms with Gasteiger partial charge in [-0.3, -0.25) is 0 Å². The second kappa shape index (κ2) is 5.91. The Labute approximate surface area is 152 Å². The molecule has 0 N–H and O–H groups in total. The summed E-state index contributed by atoms with van der Waals surface area (Å²) in [7, 11) is 0. The molecular weight excluding hydrogens is 365 g/mol. The summed E-state index contributed by atoms with van der Waals surface area (Å²) in [4.78, 5) is 6.02. The van der Waals surface area contributed by atoms with Crippen molar-refractivity contribution in [3.63, 3.8) is 0 Å². The first kappa shape index (κ1) is 15.2. The Balaban J connectivity index is 1.80. The number of benzene rings is 2. The van der Waals surface area contributed by atoms with Gasteiger partial charge in [0.2, 0.25) is 0 Å². The first-order chi connectivity index (χ1) is 11.1. The smallest absolute Gasteiger partial charge is 0.124 e. The largest absolute Gasteiger partial charge is 0.235 e. The molecule has 0 fully saturated rings. The summed E-state index contributed by atoms with van der Waals surface area (Å²) < 4.78 is 1.24. The van der Waals surface area contributed by atoms with Crippen molar-refractivity contribution in [2.45, 2.75) is 6.92 Å². The maximum atomic E-state index is 6.12. The first-order valence-corrected chi connectivity index (χ1v) is 9.47. The van der Waals surface area contributed by atoms with Crippen molar-refractivity contribution in [2.75, 3.05) is 0 Å². The molecule has 0 saturated heterocycles. The van der Waals surface area contributed by atoms with E-state index in [1.807, 2.05) is 36.4 Å². The number of halogens is 2. The van der Waals surface area contributed by atoms with Crippen LogP contribution in [-0.4, -0.2) is 4.98 Å². The summed E-state index contributed by atoms with van der Waals surface area (Å²) in [6, 6.07) is 13.8. The molecule has 4 rings (SSSR count). The monoisotopic (exact) mass is 375 g/mol. The van der Waals surface area contributed by atoms with Gasteiger partial charge in [-0.15, -0.1) is 22.7 Å². The minimum atomic E-state index is 0.739. The lowest BCUT2D eigenvalue weighted by molar-refractivity contribution is 1.40. The lowest BCUT2D eigenvalue weighted by Crippen LogP contribution is -1.79. The molecule has 0 amide bonds. The molecule has 0 bridgehead atoms.